The summed E-state index contributed by atoms with van der Waals surface area (Å²) in [7, 11) is 0. The van der Waals surface area contributed by atoms with Crippen molar-refractivity contribution in [2.24, 2.45) is 0 Å². The first-order valence-electron chi connectivity index (χ1n) is 3.57. The van der Waals surface area contributed by atoms with Gasteiger partial charge in [-0.15, -0.1) is 0 Å². The van der Waals surface area contributed by atoms with E-state index in [0.29, 0.717) is 0 Å². The Balaban J connectivity index is 0.000000500. The molecule has 0 amide bonds. The van der Waals surface area contributed by atoms with Gasteiger partial charge in [-0.2, -0.15) is 0 Å². The highest BCUT2D eigenvalue weighted by Crippen LogP contribution is 2.20. The van der Waals surface area contributed by atoms with E-state index in [0.717, 1.165) is 13.0 Å². The molecule has 2 aliphatic rings. The summed E-state index contributed by atoms with van der Waals surface area (Å²) >= 11 is 0. The molecule has 0 atom stereocenters. The number of fused-ring (bicyclic) bond motifs is 1. The number of nitrogens with zero attached hydrogens (tertiary/aromatic N) is 1. The number of hydrogen-bond donors (Lipinski definition) is 1. The van der Waals surface area contributed by atoms with E-state index in [1.54, 1.807) is 0 Å². The second-order valence-corrected chi connectivity index (χ2v) is 2.54. The highest BCUT2D eigenvalue weighted by atomic mass is 35.5. The van der Waals surface area contributed by atoms with Crippen LogP contribution >= 0.6 is 0 Å². The molecule has 0 spiro atoms. The molecule has 1 fully saturated rings. The van der Waals surface area contributed by atoms with E-state index in [9.17, 15) is 0 Å². The lowest BCUT2D eigenvalue weighted by Gasteiger charge is -2.16. The molecule has 3 heteroatoms. The van der Waals surface area contributed by atoms with Gasteiger partial charge in [-0.3, -0.25) is 5.01 Å². The minimum atomic E-state index is 0. The van der Waals surface area contributed by atoms with Crippen molar-refractivity contribution in [1.82, 2.24) is 10.4 Å². The third-order valence-electron chi connectivity index (χ3n) is 1.88. The topological polar surface area (TPSA) is 15.3 Å². The minimum Gasteiger partial charge on any atom is -1.00 e. The third-order valence-corrected chi connectivity index (χ3v) is 1.88. The standard InChI is InChI=1S/C7H11N2.ClH/c1-3-7-4-2-6-9(7)8-5-1;/h8H,1-2,4-6H2;1H/q+1;/p-1. The molecule has 2 nitrogen and oxygen atoms in total. The van der Waals surface area contributed by atoms with Gasteiger partial charge >= 0.3 is 0 Å². The zero-order valence-electron chi connectivity index (χ0n) is 5.86. The fraction of sp³-hybridized carbons (Fsp3) is 0.714. The van der Waals surface area contributed by atoms with Crippen molar-refractivity contribution in [1.29, 1.82) is 0 Å². The maximum Gasteiger partial charge on any atom is 0.270 e. The highest BCUT2D eigenvalue weighted by molar-refractivity contribution is 5.02. The van der Waals surface area contributed by atoms with Crippen molar-refractivity contribution in [3.63, 3.8) is 0 Å². The van der Waals surface area contributed by atoms with Crippen LogP contribution in [0.1, 0.15) is 19.3 Å². The fourth-order valence-electron chi connectivity index (χ4n) is 1.43. The van der Waals surface area contributed by atoms with Crippen molar-refractivity contribution in [3.8, 4) is 0 Å². The van der Waals surface area contributed by atoms with Crippen molar-refractivity contribution in [2.75, 3.05) is 13.1 Å². The van der Waals surface area contributed by atoms with Gasteiger partial charge in [0.15, 0.2) is 6.42 Å². The van der Waals surface area contributed by atoms with Crippen LogP contribution in [-0.2, 0) is 0 Å². The van der Waals surface area contributed by atoms with Gasteiger partial charge in [0.1, 0.15) is 0 Å². The Kier molecular flexibility index (Phi) is 2.50. The number of allylic oxidation sites excluding steroid dienone is 1. The first-order chi connectivity index (χ1) is 4.47. The number of rotatable bonds is 0. The van der Waals surface area contributed by atoms with Crippen LogP contribution in [0, 0.1) is 6.08 Å². The summed E-state index contributed by atoms with van der Waals surface area (Å²) in [6.07, 6.45) is 6.98. The summed E-state index contributed by atoms with van der Waals surface area (Å²) in [6.45, 7) is 2.26. The van der Waals surface area contributed by atoms with Crippen molar-refractivity contribution in [2.45, 2.75) is 19.3 Å². The Labute approximate surface area is 67.7 Å². The van der Waals surface area contributed by atoms with Gasteiger partial charge in [0.25, 0.3) is 5.70 Å². The summed E-state index contributed by atoms with van der Waals surface area (Å²) in [5.74, 6) is 0. The fourth-order valence-corrected chi connectivity index (χ4v) is 1.43. The summed E-state index contributed by atoms with van der Waals surface area (Å²) in [6, 6.07) is 0. The van der Waals surface area contributed by atoms with E-state index in [4.69, 9.17) is 0 Å². The van der Waals surface area contributed by atoms with Crippen LogP contribution in [0.15, 0.2) is 5.70 Å². The average Bonchev–Trinajstić information content (AvgIpc) is 2.33. The maximum absolute atomic E-state index is 3.36. The third kappa shape index (κ3) is 1.24. The number of hydrazine groups is 1. The second kappa shape index (κ2) is 3.20. The number of nitrogens with one attached hydrogen (secondary N) is 1. The lowest BCUT2D eigenvalue weighted by Crippen LogP contribution is -3.00. The van der Waals surface area contributed by atoms with E-state index < -0.39 is 0 Å². The summed E-state index contributed by atoms with van der Waals surface area (Å²) in [5.41, 5.74) is 4.70. The van der Waals surface area contributed by atoms with Gasteiger partial charge in [-0.25, -0.2) is 5.43 Å². The van der Waals surface area contributed by atoms with E-state index >= 15 is 0 Å². The van der Waals surface area contributed by atoms with Crippen molar-refractivity contribution in [3.05, 3.63) is 11.8 Å². The lowest BCUT2D eigenvalue weighted by molar-refractivity contribution is -0.00000192. The summed E-state index contributed by atoms with van der Waals surface area (Å²) in [5, 5.41) is 2.23. The Bertz CT molecular complexity index is 145. The van der Waals surface area contributed by atoms with E-state index in [2.05, 4.69) is 16.5 Å². The molecule has 2 aliphatic heterocycles. The minimum absolute atomic E-state index is 0. The molecule has 0 radical (unpaired) electrons. The van der Waals surface area contributed by atoms with Gasteiger partial charge in [-0.05, 0) is 6.42 Å². The first-order valence-corrected chi connectivity index (χ1v) is 3.57. The molecule has 1 N–H and O–H groups in total. The zero-order valence-corrected chi connectivity index (χ0v) is 6.62. The molecule has 0 aromatic rings. The number of hydrogen-bond acceptors (Lipinski definition) is 2. The molecule has 56 valence electrons. The highest BCUT2D eigenvalue weighted by Gasteiger charge is 2.28. The van der Waals surface area contributed by atoms with Crippen molar-refractivity contribution < 1.29 is 12.4 Å². The molecule has 2 rings (SSSR count). The molecule has 1 saturated heterocycles. The molecule has 0 aromatic carbocycles. The Morgan fingerprint density at radius 2 is 2.40 bits per heavy atom. The van der Waals surface area contributed by atoms with Crippen LogP contribution in [0.4, 0.5) is 0 Å². The Morgan fingerprint density at radius 1 is 1.50 bits per heavy atom. The smallest absolute Gasteiger partial charge is 0.270 e. The van der Waals surface area contributed by atoms with E-state index in [-0.39, 0.29) is 12.4 Å². The van der Waals surface area contributed by atoms with Crippen molar-refractivity contribution >= 4 is 0 Å². The summed E-state index contributed by atoms with van der Waals surface area (Å²) in [4.78, 5) is 0. The van der Waals surface area contributed by atoms with E-state index in [1.807, 2.05) is 0 Å². The zero-order chi connectivity index (χ0) is 6.10. The van der Waals surface area contributed by atoms with Crippen LogP contribution in [0.3, 0.4) is 0 Å². The molecule has 0 aliphatic carbocycles. The predicted molar refractivity (Wildman–Crippen MR) is 35.3 cm³/mol. The van der Waals surface area contributed by atoms with Crippen LogP contribution < -0.4 is 17.8 Å². The quantitative estimate of drug-likeness (QED) is 0.399. The monoisotopic (exact) mass is 158 g/mol. The average molecular weight is 159 g/mol. The van der Waals surface area contributed by atoms with Crippen LogP contribution in [0.25, 0.3) is 0 Å². The molecule has 0 aromatic heterocycles. The van der Waals surface area contributed by atoms with Crippen LogP contribution in [-0.4, -0.2) is 18.1 Å². The first kappa shape index (κ1) is 7.80. The molecule has 2 heterocycles. The molecule has 0 saturated carbocycles. The van der Waals surface area contributed by atoms with Gasteiger partial charge in [0.05, 0.1) is 6.54 Å². The van der Waals surface area contributed by atoms with Gasteiger partial charge < -0.3 is 12.4 Å². The normalized spacial score (nSPS) is 22.4. The molecule has 0 bridgehead atoms. The lowest BCUT2D eigenvalue weighted by atomic mass is 10.2. The SMILES string of the molecule is [C+]1=C2CCCN2NCC1.[Cl-]. The van der Waals surface area contributed by atoms with Gasteiger partial charge in [0.2, 0.25) is 6.08 Å². The van der Waals surface area contributed by atoms with E-state index in [1.165, 1.54) is 25.1 Å². The number of halogens is 1. The summed E-state index contributed by atoms with van der Waals surface area (Å²) < 4.78 is 0. The Hall–Kier alpha value is -0.300. The molecular formula is C7H11ClN2. The molecule has 0 unspecified atom stereocenters. The van der Waals surface area contributed by atoms with Gasteiger partial charge in [-0.1, -0.05) is 0 Å². The second-order valence-electron chi connectivity index (χ2n) is 2.54. The van der Waals surface area contributed by atoms with Gasteiger partial charge in [0, 0.05) is 13.0 Å². The molecular weight excluding hydrogens is 148 g/mol. The Morgan fingerprint density at radius 3 is 3.20 bits per heavy atom. The maximum atomic E-state index is 3.36. The largest absolute Gasteiger partial charge is 1.00 e. The van der Waals surface area contributed by atoms with Crippen LogP contribution in [0.5, 0.6) is 0 Å². The molecule has 10 heavy (non-hydrogen) atoms. The van der Waals surface area contributed by atoms with Crippen LogP contribution in [0.2, 0.25) is 0 Å². The predicted octanol–water partition coefficient (Wildman–Crippen LogP) is -2.32.